The van der Waals surface area contributed by atoms with Crippen molar-refractivity contribution >= 4 is 35.0 Å². The van der Waals surface area contributed by atoms with Gasteiger partial charge in [0.15, 0.2) is 5.82 Å². The Morgan fingerprint density at radius 2 is 1.98 bits per heavy atom. The minimum atomic E-state index is -3.56. The number of anilines is 4. The summed E-state index contributed by atoms with van der Waals surface area (Å²) in [6.07, 6.45) is 4.97. The highest BCUT2D eigenvalue weighted by atomic mass is 19.3. The number of nitrogens with zero attached hydrogens (tertiary/aromatic N) is 5. The number of aromatic nitrogens is 2. The molecule has 4 rings (SSSR count). The number of alkyl halides is 2. The van der Waals surface area contributed by atoms with Crippen molar-refractivity contribution in [2.75, 3.05) is 55.5 Å². The average molecular weight is 560 g/mol. The van der Waals surface area contributed by atoms with E-state index in [-0.39, 0.29) is 29.4 Å². The Labute approximate surface area is 234 Å². The molecule has 1 saturated heterocycles. The van der Waals surface area contributed by atoms with Gasteiger partial charge in [-0.1, -0.05) is 26.2 Å². The summed E-state index contributed by atoms with van der Waals surface area (Å²) in [4.78, 5) is 38.8. The molecule has 2 aromatic rings. The number of likely N-dealkylation sites (tertiary alicyclic amines) is 1. The van der Waals surface area contributed by atoms with E-state index >= 15 is 0 Å². The molecular weight excluding hydrogens is 520 g/mol. The third-order valence-electron chi connectivity index (χ3n) is 7.38. The molecule has 0 bridgehead atoms. The Morgan fingerprint density at radius 1 is 1.23 bits per heavy atom. The Bertz CT molecular complexity index is 1220. The molecule has 2 aliphatic heterocycles. The van der Waals surface area contributed by atoms with Crippen LogP contribution in [0, 0.1) is 0 Å². The highest BCUT2D eigenvalue weighted by Crippen LogP contribution is 2.36. The fraction of sp³-hybridized carbons (Fsp3) is 0.571. The minimum Gasteiger partial charge on any atom is -0.495 e. The zero-order valence-corrected chi connectivity index (χ0v) is 23.8. The summed E-state index contributed by atoms with van der Waals surface area (Å²) in [6, 6.07) is 5.55. The number of nitrogens with one attached hydrogen (secondary N) is 2. The highest BCUT2D eigenvalue weighted by Gasteiger charge is 2.47. The molecule has 0 atom stereocenters. The van der Waals surface area contributed by atoms with Crippen molar-refractivity contribution in [3.8, 4) is 5.75 Å². The first kappa shape index (κ1) is 29.4. The van der Waals surface area contributed by atoms with E-state index in [9.17, 15) is 18.4 Å². The lowest BCUT2D eigenvalue weighted by Crippen LogP contribution is -2.61. The number of carbonyl (C=O) groups excluding carboxylic acids is 2. The third-order valence-corrected chi connectivity index (χ3v) is 7.38. The number of hydrogen-bond donors (Lipinski definition) is 2. The van der Waals surface area contributed by atoms with E-state index in [0.717, 1.165) is 37.3 Å². The standard InChI is InChI=1S/C28H39F2N7O3/c1-6-7-8-9-12-36-17-28(29,30)26(39)35(4)22-14-31-27(34-24(22)36)33-21-11-10-19(13-23(21)40-5)25(38)32-20-15-37(16-20)18(2)3/h10-11,13-14,18,20H,6-9,12,15-17H2,1-5H3,(H,32,38)(H,31,33,34). The van der Waals surface area contributed by atoms with Gasteiger partial charge in [-0.2, -0.15) is 13.8 Å². The maximum Gasteiger partial charge on any atom is 0.342 e. The Kier molecular flexibility index (Phi) is 9.07. The number of fused-ring (bicyclic) bond motifs is 1. The van der Waals surface area contributed by atoms with E-state index in [1.54, 1.807) is 18.2 Å². The van der Waals surface area contributed by atoms with E-state index in [0.29, 0.717) is 36.0 Å². The lowest BCUT2D eigenvalue weighted by Gasteiger charge is -2.42. The summed E-state index contributed by atoms with van der Waals surface area (Å²) in [5.74, 6) is -4.22. The van der Waals surface area contributed by atoms with Crippen LogP contribution in [0.2, 0.25) is 0 Å². The monoisotopic (exact) mass is 559 g/mol. The number of carbonyl (C=O) groups is 2. The topological polar surface area (TPSA) is 103 Å². The number of amides is 2. The van der Waals surface area contributed by atoms with Gasteiger partial charge in [-0.25, -0.2) is 4.98 Å². The molecule has 40 heavy (non-hydrogen) atoms. The molecule has 1 aromatic carbocycles. The first-order valence-corrected chi connectivity index (χ1v) is 13.8. The van der Waals surface area contributed by atoms with Gasteiger partial charge in [0.1, 0.15) is 11.4 Å². The second-order valence-electron chi connectivity index (χ2n) is 10.7. The van der Waals surface area contributed by atoms with Gasteiger partial charge in [-0.05, 0) is 38.5 Å². The van der Waals surface area contributed by atoms with Gasteiger partial charge in [-0.3, -0.25) is 14.5 Å². The predicted octanol–water partition coefficient (Wildman–Crippen LogP) is 4.05. The Hall–Kier alpha value is -3.54. The number of benzene rings is 1. The predicted molar refractivity (Wildman–Crippen MR) is 151 cm³/mol. The summed E-state index contributed by atoms with van der Waals surface area (Å²) in [5, 5.41) is 6.12. The minimum absolute atomic E-state index is 0.106. The van der Waals surface area contributed by atoms with Crippen LogP contribution in [-0.2, 0) is 4.79 Å². The number of rotatable bonds is 11. The van der Waals surface area contributed by atoms with Crippen molar-refractivity contribution in [3.63, 3.8) is 0 Å². The maximum absolute atomic E-state index is 14.8. The van der Waals surface area contributed by atoms with Gasteiger partial charge >= 0.3 is 5.92 Å². The number of unbranched alkanes of at least 4 members (excludes halogenated alkanes) is 3. The van der Waals surface area contributed by atoms with Gasteiger partial charge in [0.25, 0.3) is 11.8 Å². The van der Waals surface area contributed by atoms with Crippen LogP contribution in [0.5, 0.6) is 5.75 Å². The summed E-state index contributed by atoms with van der Waals surface area (Å²) in [7, 11) is 2.80. The second-order valence-corrected chi connectivity index (χ2v) is 10.7. The SMILES string of the molecule is CCCCCCN1CC(F)(F)C(=O)N(C)c2cnc(Nc3ccc(C(=O)NC4CN(C(C)C)C4)cc3OC)nc21. The second kappa shape index (κ2) is 12.3. The fourth-order valence-corrected chi connectivity index (χ4v) is 4.90. The van der Waals surface area contributed by atoms with Gasteiger partial charge in [0.2, 0.25) is 5.95 Å². The van der Waals surface area contributed by atoms with Crippen molar-refractivity contribution < 1.29 is 23.1 Å². The van der Waals surface area contributed by atoms with Crippen molar-refractivity contribution in [1.29, 1.82) is 0 Å². The van der Waals surface area contributed by atoms with Gasteiger partial charge in [0.05, 0.1) is 31.6 Å². The van der Waals surface area contributed by atoms with Crippen LogP contribution in [0.3, 0.4) is 0 Å². The highest BCUT2D eigenvalue weighted by molar-refractivity contribution is 6.02. The first-order chi connectivity index (χ1) is 19.0. The molecule has 12 heteroatoms. The molecule has 1 aromatic heterocycles. The summed E-state index contributed by atoms with van der Waals surface area (Å²) in [6.45, 7) is 7.55. The summed E-state index contributed by atoms with van der Waals surface area (Å²) >= 11 is 0. The van der Waals surface area contributed by atoms with Crippen molar-refractivity contribution in [3.05, 3.63) is 30.0 Å². The van der Waals surface area contributed by atoms with Crippen LogP contribution >= 0.6 is 0 Å². The van der Waals surface area contributed by atoms with Crippen molar-refractivity contribution in [2.24, 2.45) is 0 Å². The molecule has 218 valence electrons. The van der Waals surface area contributed by atoms with E-state index in [1.807, 2.05) is 0 Å². The summed E-state index contributed by atoms with van der Waals surface area (Å²) < 4.78 is 35.0. The van der Waals surface area contributed by atoms with Crippen LogP contribution < -0.4 is 25.2 Å². The average Bonchev–Trinajstić information content (AvgIpc) is 2.97. The van der Waals surface area contributed by atoms with Crippen LogP contribution in [0.1, 0.15) is 56.8 Å². The number of halogens is 2. The molecule has 3 heterocycles. The van der Waals surface area contributed by atoms with E-state index in [2.05, 4.69) is 46.3 Å². The van der Waals surface area contributed by atoms with Crippen molar-refractivity contribution in [1.82, 2.24) is 20.2 Å². The molecule has 0 radical (unpaired) electrons. The van der Waals surface area contributed by atoms with Crippen LogP contribution in [0.4, 0.5) is 31.9 Å². The van der Waals surface area contributed by atoms with Crippen LogP contribution in [0.15, 0.2) is 24.4 Å². The largest absolute Gasteiger partial charge is 0.495 e. The molecule has 1 fully saturated rings. The Balaban J connectivity index is 1.53. The molecule has 0 unspecified atom stereocenters. The molecular formula is C28H39F2N7O3. The van der Waals surface area contributed by atoms with E-state index < -0.39 is 18.4 Å². The molecule has 2 amide bonds. The van der Waals surface area contributed by atoms with E-state index in [1.165, 1.54) is 25.3 Å². The Morgan fingerprint density at radius 3 is 2.65 bits per heavy atom. The third kappa shape index (κ3) is 6.43. The van der Waals surface area contributed by atoms with Crippen LogP contribution in [0.25, 0.3) is 0 Å². The van der Waals surface area contributed by atoms with Gasteiger partial charge in [0, 0.05) is 38.3 Å². The quantitative estimate of drug-likeness (QED) is 0.398. The van der Waals surface area contributed by atoms with Gasteiger partial charge < -0.3 is 25.2 Å². The maximum atomic E-state index is 14.8. The number of methoxy groups -OCH3 is 1. The molecule has 0 saturated carbocycles. The number of ether oxygens (including phenoxy) is 1. The normalized spacial score (nSPS) is 17.4. The summed E-state index contributed by atoms with van der Waals surface area (Å²) in [5.41, 5.74) is 1.18. The molecule has 2 N–H and O–H groups in total. The fourth-order valence-electron chi connectivity index (χ4n) is 4.90. The molecule has 2 aliphatic rings. The zero-order valence-electron chi connectivity index (χ0n) is 23.8. The molecule has 0 spiro atoms. The number of hydrogen-bond acceptors (Lipinski definition) is 8. The lowest BCUT2D eigenvalue weighted by atomic mass is 10.1. The molecule has 0 aliphatic carbocycles. The first-order valence-electron chi connectivity index (χ1n) is 13.8. The molecule has 10 nitrogen and oxygen atoms in total. The van der Waals surface area contributed by atoms with Crippen molar-refractivity contribution in [2.45, 2.75) is 64.5 Å². The van der Waals surface area contributed by atoms with Crippen LogP contribution in [-0.4, -0.2) is 85.0 Å². The lowest BCUT2D eigenvalue weighted by molar-refractivity contribution is -0.140. The van der Waals surface area contributed by atoms with E-state index in [4.69, 9.17) is 4.74 Å². The zero-order chi connectivity index (χ0) is 29.0. The van der Waals surface area contributed by atoms with Gasteiger partial charge in [-0.15, -0.1) is 0 Å². The smallest absolute Gasteiger partial charge is 0.342 e.